The van der Waals surface area contributed by atoms with Gasteiger partial charge in [-0.3, -0.25) is 4.99 Å². The molecule has 0 radical (unpaired) electrons. The highest BCUT2D eigenvalue weighted by atomic mass is 79.9. The Balaban J connectivity index is 1.45. The van der Waals surface area contributed by atoms with Crippen LogP contribution in [0.25, 0.3) is 5.82 Å². The van der Waals surface area contributed by atoms with Crippen LogP contribution in [0.4, 0.5) is 4.39 Å². The van der Waals surface area contributed by atoms with E-state index in [2.05, 4.69) is 41.6 Å². The number of guanidine groups is 1. The molecule has 2 aromatic heterocycles. The van der Waals surface area contributed by atoms with Crippen molar-refractivity contribution in [2.45, 2.75) is 19.4 Å². The minimum atomic E-state index is -0.178. The monoisotopic (exact) mass is 444 g/mol. The number of hydrogen-bond donors (Lipinski definition) is 2. The molecule has 3 rings (SSSR count). The Kier molecular flexibility index (Phi) is 7.13. The molecule has 8 heteroatoms. The molecular formula is C20H22BrFN6. The van der Waals surface area contributed by atoms with Crippen LogP contribution in [0.15, 0.2) is 64.5 Å². The van der Waals surface area contributed by atoms with Crippen LogP contribution < -0.4 is 10.6 Å². The molecule has 2 heterocycles. The number of pyridine rings is 1. The lowest BCUT2D eigenvalue weighted by atomic mass is 10.1. The number of halogens is 2. The molecule has 2 N–H and O–H groups in total. The Bertz CT molecular complexity index is 926. The molecule has 0 fully saturated rings. The van der Waals surface area contributed by atoms with Crippen LogP contribution in [0.1, 0.15) is 17.5 Å². The summed E-state index contributed by atoms with van der Waals surface area (Å²) < 4.78 is 16.3. The second-order valence-corrected chi connectivity index (χ2v) is 7.08. The highest BCUT2D eigenvalue weighted by Gasteiger charge is 2.04. The van der Waals surface area contributed by atoms with Crippen LogP contribution in [-0.2, 0) is 13.0 Å². The van der Waals surface area contributed by atoms with Gasteiger partial charge in [0.25, 0.3) is 0 Å². The van der Waals surface area contributed by atoms with Crippen molar-refractivity contribution in [1.29, 1.82) is 0 Å². The van der Waals surface area contributed by atoms with Crippen molar-refractivity contribution in [3.05, 3.63) is 76.4 Å². The number of aromatic nitrogens is 3. The van der Waals surface area contributed by atoms with Crippen molar-refractivity contribution < 1.29 is 4.39 Å². The second-order valence-electron chi connectivity index (χ2n) is 6.16. The maximum atomic E-state index is 13.8. The van der Waals surface area contributed by atoms with E-state index in [0.29, 0.717) is 25.5 Å². The molecule has 3 aromatic rings. The summed E-state index contributed by atoms with van der Waals surface area (Å²) in [4.78, 5) is 8.55. The van der Waals surface area contributed by atoms with Gasteiger partial charge in [-0.15, -0.1) is 0 Å². The van der Waals surface area contributed by atoms with Gasteiger partial charge in [0.05, 0.1) is 0 Å². The van der Waals surface area contributed by atoms with Crippen LogP contribution in [0.5, 0.6) is 0 Å². The van der Waals surface area contributed by atoms with Crippen LogP contribution in [0, 0.1) is 5.82 Å². The predicted molar refractivity (Wildman–Crippen MR) is 112 cm³/mol. The molecule has 0 aliphatic rings. The van der Waals surface area contributed by atoms with E-state index >= 15 is 0 Å². The lowest BCUT2D eigenvalue weighted by molar-refractivity contribution is 0.602. The number of aliphatic imine (C=N–C) groups is 1. The predicted octanol–water partition coefficient (Wildman–Crippen LogP) is 3.47. The van der Waals surface area contributed by atoms with Crippen molar-refractivity contribution in [3.63, 3.8) is 0 Å². The van der Waals surface area contributed by atoms with Crippen LogP contribution in [-0.4, -0.2) is 34.3 Å². The van der Waals surface area contributed by atoms with E-state index in [-0.39, 0.29) is 5.82 Å². The molecule has 1 aromatic carbocycles. The number of nitrogens with one attached hydrogen (secondary N) is 2. The Morgan fingerprint density at radius 3 is 2.86 bits per heavy atom. The lowest BCUT2D eigenvalue weighted by Gasteiger charge is -2.12. The maximum Gasteiger partial charge on any atom is 0.191 e. The Labute approximate surface area is 172 Å². The minimum absolute atomic E-state index is 0.178. The SMILES string of the molecule is CN=C(NCCCc1ccc(Br)cc1F)NCc1ccnc(-n2cccn2)c1. The summed E-state index contributed by atoms with van der Waals surface area (Å²) in [7, 11) is 1.73. The molecule has 0 aliphatic carbocycles. The van der Waals surface area contributed by atoms with E-state index in [1.807, 2.05) is 36.5 Å². The molecule has 6 nitrogen and oxygen atoms in total. The van der Waals surface area contributed by atoms with Gasteiger partial charge >= 0.3 is 0 Å². The lowest BCUT2D eigenvalue weighted by Crippen LogP contribution is -2.37. The largest absolute Gasteiger partial charge is 0.356 e. The van der Waals surface area contributed by atoms with Gasteiger partial charge in [-0.2, -0.15) is 5.10 Å². The molecule has 28 heavy (non-hydrogen) atoms. The Hall–Kier alpha value is -2.74. The van der Waals surface area contributed by atoms with Gasteiger partial charge in [-0.25, -0.2) is 14.1 Å². The highest BCUT2D eigenvalue weighted by Crippen LogP contribution is 2.16. The van der Waals surface area contributed by atoms with E-state index in [4.69, 9.17) is 0 Å². The summed E-state index contributed by atoms with van der Waals surface area (Å²) in [5.41, 5.74) is 1.79. The number of nitrogens with zero attached hydrogens (tertiary/aromatic N) is 4. The molecule has 0 atom stereocenters. The number of hydrogen-bond acceptors (Lipinski definition) is 3. The van der Waals surface area contributed by atoms with Gasteiger partial charge in [0, 0.05) is 43.2 Å². The van der Waals surface area contributed by atoms with Crippen molar-refractivity contribution in [1.82, 2.24) is 25.4 Å². The fraction of sp³-hybridized carbons (Fsp3) is 0.250. The average Bonchev–Trinajstić information content (AvgIpc) is 3.24. The number of aryl methyl sites for hydroxylation is 1. The maximum absolute atomic E-state index is 13.8. The van der Waals surface area contributed by atoms with Gasteiger partial charge in [-0.05, 0) is 54.3 Å². The first-order valence-electron chi connectivity index (χ1n) is 8.99. The van der Waals surface area contributed by atoms with E-state index in [1.54, 1.807) is 24.1 Å². The molecule has 0 saturated heterocycles. The van der Waals surface area contributed by atoms with Gasteiger partial charge in [0.1, 0.15) is 5.82 Å². The molecule has 146 valence electrons. The number of benzene rings is 1. The average molecular weight is 445 g/mol. The summed E-state index contributed by atoms with van der Waals surface area (Å²) in [5.74, 6) is 1.29. The van der Waals surface area contributed by atoms with Gasteiger partial charge in [0.2, 0.25) is 0 Å². The van der Waals surface area contributed by atoms with Crippen molar-refractivity contribution >= 4 is 21.9 Å². The molecule has 0 saturated carbocycles. The van der Waals surface area contributed by atoms with Crippen LogP contribution in [0.3, 0.4) is 0 Å². The fourth-order valence-electron chi connectivity index (χ4n) is 2.72. The third-order valence-electron chi connectivity index (χ3n) is 4.16. The normalized spacial score (nSPS) is 11.5. The zero-order chi connectivity index (χ0) is 19.8. The summed E-state index contributed by atoms with van der Waals surface area (Å²) in [5, 5.41) is 10.7. The summed E-state index contributed by atoms with van der Waals surface area (Å²) >= 11 is 3.27. The van der Waals surface area contributed by atoms with Crippen molar-refractivity contribution in [2.75, 3.05) is 13.6 Å². The molecular weight excluding hydrogens is 423 g/mol. The Morgan fingerprint density at radius 2 is 2.11 bits per heavy atom. The van der Waals surface area contributed by atoms with Gasteiger partial charge < -0.3 is 10.6 Å². The van der Waals surface area contributed by atoms with Crippen LogP contribution >= 0.6 is 15.9 Å². The number of rotatable bonds is 7. The van der Waals surface area contributed by atoms with Crippen molar-refractivity contribution in [2.24, 2.45) is 4.99 Å². The van der Waals surface area contributed by atoms with E-state index in [1.165, 1.54) is 6.07 Å². The first kappa shape index (κ1) is 20.0. The molecule has 0 spiro atoms. The summed E-state index contributed by atoms with van der Waals surface area (Å²) in [6, 6.07) is 11.0. The Morgan fingerprint density at radius 1 is 1.21 bits per heavy atom. The van der Waals surface area contributed by atoms with Crippen molar-refractivity contribution in [3.8, 4) is 5.82 Å². The van der Waals surface area contributed by atoms with E-state index < -0.39 is 0 Å². The molecule has 0 amide bonds. The topological polar surface area (TPSA) is 67.1 Å². The quantitative estimate of drug-likeness (QED) is 0.332. The van der Waals surface area contributed by atoms with E-state index in [0.717, 1.165) is 27.8 Å². The fourth-order valence-corrected chi connectivity index (χ4v) is 3.05. The second kappa shape index (κ2) is 9.98. The zero-order valence-electron chi connectivity index (χ0n) is 15.6. The zero-order valence-corrected chi connectivity index (χ0v) is 17.2. The first-order valence-corrected chi connectivity index (χ1v) is 9.78. The van der Waals surface area contributed by atoms with E-state index in [9.17, 15) is 4.39 Å². The standard InChI is InChI=1S/C20H22BrFN6/c1-23-20(25-8-2-4-16-5-6-17(21)13-18(16)22)26-14-15-7-10-24-19(12-15)28-11-3-9-27-28/h3,5-7,9-13H,2,4,8,14H2,1H3,(H2,23,25,26). The van der Waals surface area contributed by atoms with Crippen LogP contribution in [0.2, 0.25) is 0 Å². The first-order chi connectivity index (χ1) is 13.7. The summed E-state index contributed by atoms with van der Waals surface area (Å²) in [6.45, 7) is 1.31. The van der Waals surface area contributed by atoms with Gasteiger partial charge in [-0.1, -0.05) is 22.0 Å². The minimum Gasteiger partial charge on any atom is -0.356 e. The van der Waals surface area contributed by atoms with Gasteiger partial charge in [0.15, 0.2) is 11.8 Å². The smallest absolute Gasteiger partial charge is 0.191 e. The summed E-state index contributed by atoms with van der Waals surface area (Å²) in [6.07, 6.45) is 6.81. The molecule has 0 unspecified atom stereocenters. The third kappa shape index (κ3) is 5.63. The highest BCUT2D eigenvalue weighted by molar-refractivity contribution is 9.10. The molecule has 0 aliphatic heterocycles. The third-order valence-corrected chi connectivity index (χ3v) is 4.66. The molecule has 0 bridgehead atoms.